The van der Waals surface area contributed by atoms with Crippen LogP contribution in [0.15, 0.2) is 60.8 Å². The van der Waals surface area contributed by atoms with Gasteiger partial charge in [0, 0.05) is 52.3 Å². The Kier molecular flexibility index (Phi) is 7.67. The standard InChI is InChI=1S/C32H26F2N6O3S/c1-4-27(42)39-14-17(2)40-22(15-39)10-25(38-40)31-29(28-24(34)8-21(33)9-26(28)43-16-18(3)41)32-23(5-6-44-32)30(37-31)20-7-19(11-35)12-36-13-20/h4-10,12-13,17-18,41H,1,14-16H2,2-3H3. The van der Waals surface area contributed by atoms with Gasteiger partial charge in [0.05, 0.1) is 41.2 Å². The molecule has 0 aliphatic carbocycles. The van der Waals surface area contributed by atoms with Crippen molar-refractivity contribution in [2.75, 3.05) is 13.2 Å². The molecule has 222 valence electrons. The summed E-state index contributed by atoms with van der Waals surface area (Å²) < 4.78 is 38.6. The molecule has 1 N–H and O–H groups in total. The lowest BCUT2D eigenvalue weighted by Gasteiger charge is -2.31. The number of thiophene rings is 1. The highest BCUT2D eigenvalue weighted by atomic mass is 32.1. The second-order valence-electron chi connectivity index (χ2n) is 10.6. The van der Waals surface area contributed by atoms with Gasteiger partial charge in [0.1, 0.15) is 41.4 Å². The topological polar surface area (TPSA) is 117 Å². The maximum atomic E-state index is 15.9. The summed E-state index contributed by atoms with van der Waals surface area (Å²) in [5.41, 5.74) is 3.17. The van der Waals surface area contributed by atoms with Crippen molar-refractivity contribution in [1.82, 2.24) is 24.6 Å². The first kappa shape index (κ1) is 29.1. The number of halogens is 2. The van der Waals surface area contributed by atoms with Crippen LogP contribution in [0.4, 0.5) is 8.78 Å². The van der Waals surface area contributed by atoms with Gasteiger partial charge >= 0.3 is 0 Å². The number of nitriles is 1. The van der Waals surface area contributed by atoms with E-state index in [0.29, 0.717) is 50.4 Å². The summed E-state index contributed by atoms with van der Waals surface area (Å²) in [5.74, 6) is -2.00. The molecule has 4 aromatic heterocycles. The van der Waals surface area contributed by atoms with Gasteiger partial charge in [0.2, 0.25) is 5.91 Å². The predicted molar refractivity (Wildman–Crippen MR) is 162 cm³/mol. The Morgan fingerprint density at radius 1 is 1.27 bits per heavy atom. The van der Waals surface area contributed by atoms with Crippen molar-refractivity contribution in [3.05, 3.63) is 83.7 Å². The molecule has 6 rings (SSSR count). The zero-order valence-electron chi connectivity index (χ0n) is 23.8. The molecule has 1 aromatic carbocycles. The van der Waals surface area contributed by atoms with Crippen LogP contribution < -0.4 is 4.74 Å². The molecule has 1 aliphatic heterocycles. The van der Waals surface area contributed by atoms with Crippen molar-refractivity contribution in [1.29, 1.82) is 5.26 Å². The maximum Gasteiger partial charge on any atom is 0.246 e. The summed E-state index contributed by atoms with van der Waals surface area (Å²) in [6.07, 6.45) is 3.42. The van der Waals surface area contributed by atoms with Gasteiger partial charge in [0.25, 0.3) is 0 Å². The van der Waals surface area contributed by atoms with Crippen LogP contribution in [0.1, 0.15) is 31.1 Å². The fourth-order valence-corrected chi connectivity index (χ4v) is 6.36. The summed E-state index contributed by atoms with van der Waals surface area (Å²) in [6, 6.07) is 9.10. The summed E-state index contributed by atoms with van der Waals surface area (Å²) in [6.45, 7) is 7.56. The van der Waals surface area contributed by atoms with Gasteiger partial charge in [-0.15, -0.1) is 11.3 Å². The molecule has 12 heteroatoms. The fraction of sp³-hybridized carbons (Fsp3) is 0.219. The van der Waals surface area contributed by atoms with Gasteiger partial charge < -0.3 is 14.7 Å². The molecular weight excluding hydrogens is 586 g/mol. The highest BCUT2D eigenvalue weighted by Crippen LogP contribution is 2.47. The molecule has 2 unspecified atom stereocenters. The number of fused-ring (bicyclic) bond motifs is 2. The number of benzene rings is 1. The number of hydrogen-bond acceptors (Lipinski definition) is 8. The largest absolute Gasteiger partial charge is 0.490 e. The lowest BCUT2D eigenvalue weighted by atomic mass is 9.96. The molecule has 9 nitrogen and oxygen atoms in total. The molecule has 0 fully saturated rings. The van der Waals surface area contributed by atoms with Gasteiger partial charge in [-0.2, -0.15) is 10.4 Å². The zero-order chi connectivity index (χ0) is 31.1. The smallest absolute Gasteiger partial charge is 0.246 e. The molecule has 0 bridgehead atoms. The number of carbonyl (C=O) groups is 1. The SMILES string of the molecule is C=CC(=O)N1Cc2cc(-c3nc(-c4cncc(C#N)c4)c4ccsc4c3-c3c(F)cc(F)cc3OCC(C)O)nn2C(C)C1. The van der Waals surface area contributed by atoms with E-state index in [1.165, 1.54) is 30.5 Å². The van der Waals surface area contributed by atoms with Crippen molar-refractivity contribution in [3.63, 3.8) is 0 Å². The van der Waals surface area contributed by atoms with Gasteiger partial charge in [0.15, 0.2) is 0 Å². The van der Waals surface area contributed by atoms with Crippen LogP contribution in [0.2, 0.25) is 0 Å². The van der Waals surface area contributed by atoms with E-state index in [9.17, 15) is 19.6 Å². The van der Waals surface area contributed by atoms with E-state index >= 15 is 4.39 Å². The lowest BCUT2D eigenvalue weighted by molar-refractivity contribution is -0.127. The molecule has 5 aromatic rings. The normalized spacial score (nSPS) is 15.1. The number of aromatic nitrogens is 4. The second kappa shape index (κ2) is 11.6. The number of nitrogens with zero attached hydrogens (tertiary/aromatic N) is 6. The molecule has 2 atom stereocenters. The van der Waals surface area contributed by atoms with Crippen LogP contribution in [-0.4, -0.2) is 54.9 Å². The Bertz CT molecular complexity index is 1980. The summed E-state index contributed by atoms with van der Waals surface area (Å²) in [5, 5.41) is 26.8. The van der Waals surface area contributed by atoms with Gasteiger partial charge in [-0.1, -0.05) is 6.58 Å². The van der Waals surface area contributed by atoms with Crippen molar-refractivity contribution >= 4 is 27.3 Å². The third-order valence-corrected chi connectivity index (χ3v) is 8.23. The van der Waals surface area contributed by atoms with Crippen LogP contribution in [-0.2, 0) is 11.3 Å². The zero-order valence-corrected chi connectivity index (χ0v) is 24.6. The molecule has 0 spiro atoms. The van der Waals surface area contributed by atoms with E-state index < -0.39 is 17.7 Å². The molecular formula is C32H26F2N6O3S. The number of aliphatic hydroxyl groups excluding tert-OH is 1. The van der Waals surface area contributed by atoms with E-state index in [4.69, 9.17) is 14.8 Å². The minimum absolute atomic E-state index is 0.0278. The van der Waals surface area contributed by atoms with E-state index in [2.05, 4.69) is 17.6 Å². The average Bonchev–Trinajstić information content (AvgIpc) is 3.67. The fourth-order valence-electron chi connectivity index (χ4n) is 5.41. The van der Waals surface area contributed by atoms with Crippen molar-refractivity contribution < 1.29 is 23.4 Å². The predicted octanol–water partition coefficient (Wildman–Crippen LogP) is 5.89. The van der Waals surface area contributed by atoms with Crippen LogP contribution in [0, 0.1) is 23.0 Å². The first-order valence-electron chi connectivity index (χ1n) is 13.8. The third-order valence-electron chi connectivity index (χ3n) is 7.29. The van der Waals surface area contributed by atoms with Crippen LogP contribution >= 0.6 is 11.3 Å². The Morgan fingerprint density at radius 3 is 2.84 bits per heavy atom. The Labute approximate surface area is 255 Å². The van der Waals surface area contributed by atoms with E-state index in [1.807, 2.05) is 23.1 Å². The molecule has 0 radical (unpaired) electrons. The van der Waals surface area contributed by atoms with Gasteiger partial charge in [-0.25, -0.2) is 13.8 Å². The maximum absolute atomic E-state index is 15.9. The number of rotatable bonds is 7. The lowest BCUT2D eigenvalue weighted by Crippen LogP contribution is -2.39. The number of amides is 1. The third kappa shape index (κ3) is 5.21. The first-order valence-corrected chi connectivity index (χ1v) is 14.6. The number of ether oxygens (including phenoxy) is 1. The minimum atomic E-state index is -0.890. The highest BCUT2D eigenvalue weighted by molar-refractivity contribution is 7.18. The molecule has 44 heavy (non-hydrogen) atoms. The van der Waals surface area contributed by atoms with Crippen molar-refractivity contribution in [2.45, 2.75) is 32.5 Å². The quantitative estimate of drug-likeness (QED) is 0.228. The van der Waals surface area contributed by atoms with Crippen molar-refractivity contribution in [3.8, 4) is 45.6 Å². The highest BCUT2D eigenvalue weighted by Gasteiger charge is 2.30. The monoisotopic (exact) mass is 612 g/mol. The number of hydrogen-bond donors (Lipinski definition) is 1. The van der Waals surface area contributed by atoms with Crippen LogP contribution in [0.3, 0.4) is 0 Å². The van der Waals surface area contributed by atoms with E-state index in [1.54, 1.807) is 23.2 Å². The second-order valence-corrected chi connectivity index (χ2v) is 11.5. The first-order chi connectivity index (χ1) is 21.2. The molecule has 1 amide bonds. The number of pyridine rings is 2. The minimum Gasteiger partial charge on any atom is -0.490 e. The molecule has 5 heterocycles. The van der Waals surface area contributed by atoms with Crippen molar-refractivity contribution in [2.24, 2.45) is 0 Å². The Hall–Kier alpha value is -4.99. The van der Waals surface area contributed by atoms with Crippen LogP contribution in [0.25, 0.3) is 43.9 Å². The Morgan fingerprint density at radius 2 is 2.09 bits per heavy atom. The van der Waals surface area contributed by atoms with Gasteiger partial charge in [-0.3, -0.25) is 14.5 Å². The van der Waals surface area contributed by atoms with Gasteiger partial charge in [-0.05, 0) is 43.5 Å². The summed E-state index contributed by atoms with van der Waals surface area (Å²) in [4.78, 5) is 23.4. The molecule has 1 aliphatic rings. The van der Waals surface area contributed by atoms with Crippen LogP contribution in [0.5, 0.6) is 5.75 Å². The van der Waals surface area contributed by atoms with E-state index in [0.717, 1.165) is 17.8 Å². The molecule has 0 saturated heterocycles. The number of aliphatic hydroxyl groups is 1. The van der Waals surface area contributed by atoms with E-state index in [-0.39, 0.29) is 36.4 Å². The summed E-state index contributed by atoms with van der Waals surface area (Å²) >= 11 is 1.34. The Balaban J connectivity index is 1.65. The molecule has 0 saturated carbocycles. The number of carbonyl (C=O) groups excluding carboxylic acids is 1. The average molecular weight is 613 g/mol. The summed E-state index contributed by atoms with van der Waals surface area (Å²) in [7, 11) is 0.